The first-order valence-corrected chi connectivity index (χ1v) is 4.70. The van der Waals surface area contributed by atoms with Crippen LogP contribution in [0.2, 0.25) is 5.15 Å². The van der Waals surface area contributed by atoms with Crippen molar-refractivity contribution in [1.29, 1.82) is 0 Å². The van der Waals surface area contributed by atoms with Crippen LogP contribution < -0.4 is 10.6 Å². The normalized spacial score (nSPS) is 9.67. The van der Waals surface area contributed by atoms with E-state index < -0.39 is 0 Å². The number of rotatable bonds is 5. The summed E-state index contributed by atoms with van der Waals surface area (Å²) < 4.78 is 0. The van der Waals surface area contributed by atoms with Gasteiger partial charge < -0.3 is 5.32 Å². The summed E-state index contributed by atoms with van der Waals surface area (Å²) in [6.45, 7) is 4.27. The zero-order chi connectivity index (χ0) is 11.1. The van der Waals surface area contributed by atoms with Crippen LogP contribution in [0.5, 0.6) is 0 Å². The van der Waals surface area contributed by atoms with Crippen molar-refractivity contribution >= 4 is 23.5 Å². The number of nitrogens with one attached hydrogen (secondary N) is 2. The lowest BCUT2D eigenvalue weighted by atomic mass is 10.5. The molecule has 0 aliphatic heterocycles. The van der Waals surface area contributed by atoms with E-state index in [0.29, 0.717) is 11.7 Å². The van der Waals surface area contributed by atoms with Gasteiger partial charge in [-0.3, -0.25) is 10.1 Å². The molecule has 1 aromatic rings. The van der Waals surface area contributed by atoms with Gasteiger partial charge in [0.2, 0.25) is 11.9 Å². The van der Waals surface area contributed by atoms with Crippen LogP contribution >= 0.6 is 11.6 Å². The third-order valence-corrected chi connectivity index (χ3v) is 1.66. The van der Waals surface area contributed by atoms with Gasteiger partial charge in [-0.25, -0.2) is 9.97 Å². The Morgan fingerprint density at radius 3 is 3.13 bits per heavy atom. The molecule has 0 saturated carbocycles. The fourth-order valence-electron chi connectivity index (χ4n) is 0.854. The van der Waals surface area contributed by atoms with E-state index in [1.54, 1.807) is 6.08 Å². The number of anilines is 1. The summed E-state index contributed by atoms with van der Waals surface area (Å²) >= 11 is 5.62. The van der Waals surface area contributed by atoms with Crippen molar-refractivity contribution in [2.45, 2.75) is 0 Å². The topological polar surface area (TPSA) is 66.9 Å². The predicted molar refractivity (Wildman–Crippen MR) is 58.7 cm³/mol. The van der Waals surface area contributed by atoms with E-state index in [1.807, 2.05) is 0 Å². The molecule has 1 rings (SSSR count). The van der Waals surface area contributed by atoms with Crippen molar-refractivity contribution in [3.05, 3.63) is 30.1 Å². The van der Waals surface area contributed by atoms with Crippen LogP contribution in [-0.4, -0.2) is 29.0 Å². The van der Waals surface area contributed by atoms with E-state index in [0.717, 1.165) is 0 Å². The van der Waals surface area contributed by atoms with Crippen LogP contribution in [0, 0.1) is 0 Å². The van der Waals surface area contributed by atoms with Gasteiger partial charge in [0.25, 0.3) is 0 Å². The lowest BCUT2D eigenvalue weighted by Gasteiger charge is -2.03. The fraction of sp³-hybridized carbons (Fsp3) is 0.222. The second-order valence-electron chi connectivity index (χ2n) is 2.67. The number of hydrogen-bond acceptors (Lipinski definition) is 4. The van der Waals surface area contributed by atoms with Gasteiger partial charge in [0.05, 0.1) is 6.54 Å². The zero-order valence-corrected chi connectivity index (χ0v) is 8.79. The predicted octanol–water partition coefficient (Wildman–Crippen LogP) is 0.844. The first-order chi connectivity index (χ1) is 7.22. The first-order valence-electron chi connectivity index (χ1n) is 4.32. The van der Waals surface area contributed by atoms with Gasteiger partial charge in [-0.15, -0.1) is 6.58 Å². The quantitative estimate of drug-likeness (QED) is 0.444. The molecule has 0 fully saturated rings. The van der Waals surface area contributed by atoms with Gasteiger partial charge in [-0.2, -0.15) is 0 Å². The highest BCUT2D eigenvalue weighted by Gasteiger charge is 2.03. The SMILES string of the molecule is C=CCNCC(=O)Nc1nccc(Cl)n1. The lowest BCUT2D eigenvalue weighted by molar-refractivity contribution is -0.115. The van der Waals surface area contributed by atoms with Crippen LogP contribution in [0.25, 0.3) is 0 Å². The van der Waals surface area contributed by atoms with Gasteiger partial charge in [-0.1, -0.05) is 17.7 Å². The van der Waals surface area contributed by atoms with Crippen molar-refractivity contribution < 1.29 is 4.79 Å². The highest BCUT2D eigenvalue weighted by atomic mass is 35.5. The lowest BCUT2D eigenvalue weighted by Crippen LogP contribution is -2.28. The molecule has 80 valence electrons. The minimum absolute atomic E-state index is 0.182. The maximum absolute atomic E-state index is 11.3. The third-order valence-electron chi connectivity index (χ3n) is 1.45. The van der Waals surface area contributed by atoms with E-state index >= 15 is 0 Å². The first kappa shape index (κ1) is 11.6. The standard InChI is InChI=1S/C9H11ClN4O/c1-2-4-11-6-8(15)14-9-12-5-3-7(10)13-9/h2-3,5,11H,1,4,6H2,(H,12,13,14,15). The largest absolute Gasteiger partial charge is 0.305 e. The van der Waals surface area contributed by atoms with Crippen LogP contribution in [-0.2, 0) is 4.79 Å². The summed E-state index contributed by atoms with van der Waals surface area (Å²) in [6, 6.07) is 1.53. The maximum Gasteiger partial charge on any atom is 0.240 e. The molecule has 2 N–H and O–H groups in total. The highest BCUT2D eigenvalue weighted by Crippen LogP contribution is 2.04. The van der Waals surface area contributed by atoms with Crippen LogP contribution in [0.4, 0.5) is 5.95 Å². The molecule has 0 aliphatic rings. The molecule has 1 amide bonds. The molecule has 1 heterocycles. The summed E-state index contributed by atoms with van der Waals surface area (Å²) in [5.74, 6) is -0.0213. The van der Waals surface area contributed by atoms with E-state index in [2.05, 4.69) is 27.2 Å². The Bertz CT molecular complexity index is 356. The molecule has 6 heteroatoms. The number of amides is 1. The molecule has 0 aromatic carbocycles. The van der Waals surface area contributed by atoms with Crippen LogP contribution in [0.15, 0.2) is 24.9 Å². The number of aromatic nitrogens is 2. The maximum atomic E-state index is 11.3. The van der Waals surface area contributed by atoms with E-state index in [9.17, 15) is 4.79 Å². The molecule has 0 atom stereocenters. The minimum atomic E-state index is -0.223. The number of halogens is 1. The Labute approximate surface area is 92.6 Å². The van der Waals surface area contributed by atoms with E-state index in [-0.39, 0.29) is 18.4 Å². The molecule has 15 heavy (non-hydrogen) atoms. The molecule has 0 aliphatic carbocycles. The van der Waals surface area contributed by atoms with Crippen molar-refractivity contribution in [1.82, 2.24) is 15.3 Å². The molecule has 5 nitrogen and oxygen atoms in total. The number of nitrogens with zero attached hydrogens (tertiary/aromatic N) is 2. The molecule has 0 bridgehead atoms. The second-order valence-corrected chi connectivity index (χ2v) is 3.06. The molecular formula is C9H11ClN4O. The average molecular weight is 227 g/mol. The summed E-state index contributed by atoms with van der Waals surface area (Å²) in [5.41, 5.74) is 0. The smallest absolute Gasteiger partial charge is 0.240 e. The van der Waals surface area contributed by atoms with E-state index in [1.165, 1.54) is 12.3 Å². The zero-order valence-electron chi connectivity index (χ0n) is 8.03. The van der Waals surface area contributed by atoms with Gasteiger partial charge in [0, 0.05) is 12.7 Å². The van der Waals surface area contributed by atoms with Gasteiger partial charge in [0.15, 0.2) is 0 Å². The summed E-state index contributed by atoms with van der Waals surface area (Å²) in [6.07, 6.45) is 3.14. The van der Waals surface area contributed by atoms with Crippen molar-refractivity contribution in [3.8, 4) is 0 Å². The number of carbonyl (C=O) groups is 1. The monoisotopic (exact) mass is 226 g/mol. The molecule has 0 unspecified atom stereocenters. The van der Waals surface area contributed by atoms with Crippen molar-refractivity contribution in [3.63, 3.8) is 0 Å². The number of carbonyl (C=O) groups excluding carboxylic acids is 1. The summed E-state index contributed by atoms with van der Waals surface area (Å²) in [7, 11) is 0. The van der Waals surface area contributed by atoms with Crippen molar-refractivity contribution in [2.75, 3.05) is 18.4 Å². The minimum Gasteiger partial charge on any atom is -0.305 e. The van der Waals surface area contributed by atoms with Gasteiger partial charge in [0.1, 0.15) is 5.15 Å². The van der Waals surface area contributed by atoms with Gasteiger partial charge in [-0.05, 0) is 6.07 Å². The van der Waals surface area contributed by atoms with E-state index in [4.69, 9.17) is 11.6 Å². The third kappa shape index (κ3) is 4.53. The van der Waals surface area contributed by atoms with Crippen molar-refractivity contribution in [2.24, 2.45) is 0 Å². The molecule has 1 aromatic heterocycles. The number of hydrogen-bond donors (Lipinski definition) is 2. The summed E-state index contributed by atoms with van der Waals surface area (Å²) in [5, 5.41) is 5.64. The Morgan fingerprint density at radius 2 is 2.47 bits per heavy atom. The second kappa shape index (κ2) is 6.10. The van der Waals surface area contributed by atoms with Gasteiger partial charge >= 0.3 is 0 Å². The molecular weight excluding hydrogens is 216 g/mol. The Hall–Kier alpha value is -1.46. The van der Waals surface area contributed by atoms with Crippen LogP contribution in [0.1, 0.15) is 0 Å². The Morgan fingerprint density at radius 1 is 1.67 bits per heavy atom. The molecule has 0 spiro atoms. The highest BCUT2D eigenvalue weighted by molar-refractivity contribution is 6.29. The average Bonchev–Trinajstić information content (AvgIpc) is 2.18. The Balaban J connectivity index is 2.40. The Kier molecular flexibility index (Phi) is 4.73. The fourth-order valence-corrected chi connectivity index (χ4v) is 0.990. The summed E-state index contributed by atoms with van der Waals surface area (Å²) in [4.78, 5) is 18.9. The van der Waals surface area contributed by atoms with Crippen LogP contribution in [0.3, 0.4) is 0 Å². The molecule has 0 saturated heterocycles. The molecule has 0 radical (unpaired) electrons.